The van der Waals surface area contributed by atoms with Crippen LogP contribution in [0, 0.1) is 0 Å². The molecule has 1 aromatic rings. The van der Waals surface area contributed by atoms with Gasteiger partial charge in [-0.3, -0.25) is 0 Å². The van der Waals surface area contributed by atoms with Crippen molar-refractivity contribution >= 4 is 11.6 Å². The Morgan fingerprint density at radius 1 is 1.44 bits per heavy atom. The number of anilines is 1. The molecule has 0 fully saturated rings. The smallest absolute Gasteiger partial charge is 0.227 e. The van der Waals surface area contributed by atoms with Crippen LogP contribution in [0.25, 0.3) is 5.70 Å². The molecule has 3 N–H and O–H groups in total. The van der Waals surface area contributed by atoms with Crippen LogP contribution in [-0.2, 0) is 0 Å². The van der Waals surface area contributed by atoms with Crippen LogP contribution in [-0.4, -0.2) is 9.97 Å². The number of hydrogen-bond donors (Lipinski definition) is 2. The van der Waals surface area contributed by atoms with Crippen molar-refractivity contribution in [2.24, 2.45) is 5.73 Å². The topological polar surface area (TPSA) is 63.8 Å². The number of nitrogens with one attached hydrogen (secondary N) is 1. The molecule has 0 bridgehead atoms. The van der Waals surface area contributed by atoms with Crippen LogP contribution in [0.1, 0.15) is 5.69 Å². The SMILES string of the molecule is C=C/C=C(\N)c1ccnc(NC(=C)C=C)n1. The van der Waals surface area contributed by atoms with E-state index in [9.17, 15) is 0 Å². The van der Waals surface area contributed by atoms with E-state index < -0.39 is 0 Å². The number of nitrogens with zero attached hydrogens (tertiary/aromatic N) is 2. The fourth-order valence-electron chi connectivity index (χ4n) is 0.987. The van der Waals surface area contributed by atoms with E-state index in [0.29, 0.717) is 23.0 Å². The third-order valence-electron chi connectivity index (χ3n) is 1.77. The van der Waals surface area contributed by atoms with Crippen LogP contribution in [0.5, 0.6) is 0 Å². The molecule has 0 aliphatic heterocycles. The fraction of sp³-hybridized carbons (Fsp3) is 0. The van der Waals surface area contributed by atoms with Gasteiger partial charge in [0, 0.05) is 11.9 Å². The van der Waals surface area contributed by atoms with Gasteiger partial charge in [-0.2, -0.15) is 0 Å². The molecule has 0 aliphatic carbocycles. The summed E-state index contributed by atoms with van der Waals surface area (Å²) < 4.78 is 0. The first kappa shape index (κ1) is 11.7. The summed E-state index contributed by atoms with van der Waals surface area (Å²) in [7, 11) is 0. The molecule has 16 heavy (non-hydrogen) atoms. The lowest BCUT2D eigenvalue weighted by Crippen LogP contribution is -2.05. The average Bonchev–Trinajstić information content (AvgIpc) is 2.29. The highest BCUT2D eigenvalue weighted by Gasteiger charge is 2.00. The second-order valence-corrected chi connectivity index (χ2v) is 2.98. The second kappa shape index (κ2) is 5.50. The molecule has 0 saturated heterocycles. The van der Waals surface area contributed by atoms with Crippen LogP contribution < -0.4 is 11.1 Å². The lowest BCUT2D eigenvalue weighted by molar-refractivity contribution is 1.13. The average molecular weight is 214 g/mol. The predicted molar refractivity (Wildman–Crippen MR) is 67.4 cm³/mol. The molecule has 0 amide bonds. The zero-order valence-corrected chi connectivity index (χ0v) is 8.98. The predicted octanol–water partition coefficient (Wildman–Crippen LogP) is 2.07. The largest absolute Gasteiger partial charge is 0.397 e. The first-order valence-corrected chi connectivity index (χ1v) is 4.67. The van der Waals surface area contributed by atoms with Crippen molar-refractivity contribution < 1.29 is 0 Å². The van der Waals surface area contributed by atoms with Gasteiger partial charge in [0.1, 0.15) is 0 Å². The molecule has 4 heteroatoms. The summed E-state index contributed by atoms with van der Waals surface area (Å²) in [5, 5.41) is 2.89. The monoisotopic (exact) mass is 214 g/mol. The molecule has 0 radical (unpaired) electrons. The number of rotatable bonds is 5. The van der Waals surface area contributed by atoms with Gasteiger partial charge in [-0.25, -0.2) is 9.97 Å². The number of hydrogen-bond acceptors (Lipinski definition) is 4. The molecule has 0 spiro atoms. The van der Waals surface area contributed by atoms with E-state index >= 15 is 0 Å². The van der Waals surface area contributed by atoms with Crippen LogP contribution in [0.4, 0.5) is 5.95 Å². The number of allylic oxidation sites excluding steroid dienone is 3. The van der Waals surface area contributed by atoms with Crippen molar-refractivity contribution in [2.45, 2.75) is 0 Å². The van der Waals surface area contributed by atoms with Gasteiger partial charge in [-0.1, -0.05) is 25.8 Å². The minimum absolute atomic E-state index is 0.433. The van der Waals surface area contributed by atoms with E-state index in [-0.39, 0.29) is 0 Å². The van der Waals surface area contributed by atoms with Gasteiger partial charge in [0.2, 0.25) is 5.95 Å². The van der Waals surface area contributed by atoms with Crippen LogP contribution >= 0.6 is 0 Å². The molecule has 0 aliphatic rings. The zero-order chi connectivity index (χ0) is 12.0. The molecule has 0 unspecified atom stereocenters. The van der Waals surface area contributed by atoms with Crippen molar-refractivity contribution in [3.8, 4) is 0 Å². The summed E-state index contributed by atoms with van der Waals surface area (Å²) in [5.41, 5.74) is 7.56. The van der Waals surface area contributed by atoms with Gasteiger partial charge in [0.25, 0.3) is 0 Å². The Morgan fingerprint density at radius 2 is 2.19 bits per heavy atom. The first-order valence-electron chi connectivity index (χ1n) is 4.67. The highest BCUT2D eigenvalue weighted by atomic mass is 15.1. The molecule has 82 valence electrons. The molecule has 1 rings (SSSR count). The van der Waals surface area contributed by atoms with E-state index in [4.69, 9.17) is 5.73 Å². The van der Waals surface area contributed by atoms with Crippen LogP contribution in [0.15, 0.2) is 55.9 Å². The Balaban J connectivity index is 2.95. The maximum absolute atomic E-state index is 5.77. The van der Waals surface area contributed by atoms with Gasteiger partial charge in [-0.05, 0) is 18.2 Å². The third kappa shape index (κ3) is 3.09. The van der Waals surface area contributed by atoms with E-state index in [1.54, 1.807) is 30.5 Å². The zero-order valence-electron chi connectivity index (χ0n) is 8.98. The Bertz CT molecular complexity index is 446. The standard InChI is InChI=1S/C12H14N4/c1-4-6-10(13)11-7-8-14-12(16-11)15-9(3)5-2/h4-8H,1-3,13H2,(H,14,15,16)/b10-6-. The van der Waals surface area contributed by atoms with E-state index in [1.807, 2.05) is 0 Å². The van der Waals surface area contributed by atoms with Crippen molar-refractivity contribution in [1.29, 1.82) is 0 Å². The minimum atomic E-state index is 0.433. The molecular formula is C12H14N4. The Kier molecular flexibility index (Phi) is 4.03. The van der Waals surface area contributed by atoms with Crippen LogP contribution in [0.3, 0.4) is 0 Å². The van der Waals surface area contributed by atoms with E-state index in [0.717, 1.165) is 0 Å². The maximum Gasteiger partial charge on any atom is 0.227 e. The summed E-state index contributed by atoms with van der Waals surface area (Å²) in [6.07, 6.45) is 6.48. The second-order valence-electron chi connectivity index (χ2n) is 2.98. The summed E-state index contributed by atoms with van der Waals surface area (Å²) in [6, 6.07) is 1.72. The summed E-state index contributed by atoms with van der Waals surface area (Å²) in [4.78, 5) is 8.24. The van der Waals surface area contributed by atoms with E-state index in [2.05, 4.69) is 35.0 Å². The summed E-state index contributed by atoms with van der Waals surface area (Å²) in [6.45, 7) is 10.9. The van der Waals surface area contributed by atoms with Crippen molar-refractivity contribution in [3.05, 3.63) is 61.6 Å². The molecular weight excluding hydrogens is 200 g/mol. The quantitative estimate of drug-likeness (QED) is 0.736. The van der Waals surface area contributed by atoms with Crippen molar-refractivity contribution in [1.82, 2.24) is 9.97 Å². The molecule has 1 aromatic heterocycles. The maximum atomic E-state index is 5.77. The highest BCUT2D eigenvalue weighted by Crippen LogP contribution is 2.08. The number of nitrogens with two attached hydrogens (primary N) is 1. The number of aromatic nitrogens is 2. The highest BCUT2D eigenvalue weighted by molar-refractivity contribution is 5.61. The normalized spacial score (nSPS) is 10.6. The van der Waals surface area contributed by atoms with Gasteiger partial charge < -0.3 is 11.1 Å². The van der Waals surface area contributed by atoms with Crippen molar-refractivity contribution in [3.63, 3.8) is 0 Å². The third-order valence-corrected chi connectivity index (χ3v) is 1.77. The van der Waals surface area contributed by atoms with Gasteiger partial charge in [0.05, 0.1) is 11.4 Å². The molecule has 1 heterocycles. The van der Waals surface area contributed by atoms with Gasteiger partial charge in [0.15, 0.2) is 0 Å². The molecule has 4 nitrogen and oxygen atoms in total. The Labute approximate surface area is 94.9 Å². The molecule has 0 atom stereocenters. The Morgan fingerprint density at radius 3 is 2.81 bits per heavy atom. The minimum Gasteiger partial charge on any atom is -0.397 e. The molecule has 0 aromatic carbocycles. The van der Waals surface area contributed by atoms with Gasteiger partial charge >= 0.3 is 0 Å². The fourth-order valence-corrected chi connectivity index (χ4v) is 0.987. The van der Waals surface area contributed by atoms with Gasteiger partial charge in [-0.15, -0.1) is 0 Å². The summed E-state index contributed by atoms with van der Waals surface area (Å²) >= 11 is 0. The van der Waals surface area contributed by atoms with Crippen molar-refractivity contribution in [2.75, 3.05) is 5.32 Å². The first-order chi connectivity index (χ1) is 7.67. The summed E-state index contributed by atoms with van der Waals surface area (Å²) in [5.74, 6) is 0.433. The lowest BCUT2D eigenvalue weighted by Gasteiger charge is -2.05. The Hall–Kier alpha value is -2.36. The van der Waals surface area contributed by atoms with E-state index in [1.165, 1.54) is 0 Å². The lowest BCUT2D eigenvalue weighted by atomic mass is 10.3. The molecule has 0 saturated carbocycles. The van der Waals surface area contributed by atoms with Crippen LogP contribution in [0.2, 0.25) is 0 Å².